The Morgan fingerprint density at radius 1 is 1.20 bits per heavy atom. The summed E-state index contributed by atoms with van der Waals surface area (Å²) in [6, 6.07) is 3.71. The zero-order valence-electron chi connectivity index (χ0n) is 14.3. The van der Waals surface area contributed by atoms with Crippen molar-refractivity contribution in [3.05, 3.63) is 35.4 Å². The first-order chi connectivity index (χ1) is 11.7. The number of piperidine rings is 1. The van der Waals surface area contributed by atoms with Crippen molar-refractivity contribution in [1.82, 2.24) is 9.21 Å². The van der Waals surface area contributed by atoms with E-state index in [0.717, 1.165) is 6.07 Å². The quantitative estimate of drug-likeness (QED) is 0.812. The molecule has 2 aliphatic rings. The summed E-state index contributed by atoms with van der Waals surface area (Å²) in [7, 11) is -1.67. The third-order valence-electron chi connectivity index (χ3n) is 5.29. The van der Waals surface area contributed by atoms with Crippen LogP contribution >= 0.6 is 0 Å². The average Bonchev–Trinajstić information content (AvgIpc) is 3.36. The molecule has 1 heterocycles. The Bertz CT molecular complexity index is 776. The Morgan fingerprint density at radius 2 is 1.84 bits per heavy atom. The summed E-state index contributed by atoms with van der Waals surface area (Å²) < 4.78 is 50.9. The Labute approximate surface area is 146 Å². The number of hydrogen-bond acceptors (Lipinski definition) is 3. The molecule has 0 spiro atoms. The molecule has 0 N–H and O–H groups in total. The van der Waals surface area contributed by atoms with Gasteiger partial charge in [-0.05, 0) is 42.9 Å². The first-order valence-corrected chi connectivity index (χ1v) is 10.2. The number of carbonyl (C=O) groups is 1. The molecule has 1 aliphatic heterocycles. The van der Waals surface area contributed by atoms with Crippen LogP contribution in [0, 0.1) is 17.6 Å². The number of halogens is 2. The lowest BCUT2D eigenvalue weighted by Crippen LogP contribution is -2.47. The van der Waals surface area contributed by atoms with Crippen molar-refractivity contribution in [3.63, 3.8) is 0 Å². The van der Waals surface area contributed by atoms with Crippen LogP contribution in [0.3, 0.4) is 0 Å². The van der Waals surface area contributed by atoms with Gasteiger partial charge in [-0.25, -0.2) is 21.5 Å². The number of sulfonamides is 1. The standard InChI is InChI=1S/C17H22F2N2O3S/c1-20(25(2,23)24)12-5-7-21(8-6-12)17(22)14-10-13(14)11-3-4-15(18)16(19)9-11/h3-4,9,12-14H,5-8,10H2,1-2H3. The first-order valence-electron chi connectivity index (χ1n) is 8.35. The fourth-order valence-corrected chi connectivity index (χ4v) is 4.29. The van der Waals surface area contributed by atoms with Crippen molar-refractivity contribution >= 4 is 15.9 Å². The highest BCUT2D eigenvalue weighted by Gasteiger charge is 2.46. The van der Waals surface area contributed by atoms with E-state index in [1.165, 1.54) is 22.7 Å². The third kappa shape index (κ3) is 3.84. The molecule has 1 saturated carbocycles. The van der Waals surface area contributed by atoms with Crippen molar-refractivity contribution in [2.24, 2.45) is 5.92 Å². The lowest BCUT2D eigenvalue weighted by Gasteiger charge is -2.35. The van der Waals surface area contributed by atoms with Crippen molar-refractivity contribution in [2.75, 3.05) is 26.4 Å². The number of hydrogen-bond donors (Lipinski definition) is 0. The molecule has 5 nitrogen and oxygen atoms in total. The van der Waals surface area contributed by atoms with Gasteiger partial charge in [0.05, 0.1) is 6.26 Å². The zero-order chi connectivity index (χ0) is 18.4. The van der Waals surface area contributed by atoms with Crippen LogP contribution in [-0.2, 0) is 14.8 Å². The zero-order valence-corrected chi connectivity index (χ0v) is 15.1. The molecule has 1 aliphatic carbocycles. The summed E-state index contributed by atoms with van der Waals surface area (Å²) in [6.07, 6.45) is 3.05. The summed E-state index contributed by atoms with van der Waals surface area (Å²) in [5.74, 6) is -1.99. The number of likely N-dealkylation sites (tertiary alicyclic amines) is 1. The van der Waals surface area contributed by atoms with E-state index in [1.54, 1.807) is 11.9 Å². The van der Waals surface area contributed by atoms with Crippen molar-refractivity contribution in [2.45, 2.75) is 31.2 Å². The molecule has 1 amide bonds. The largest absolute Gasteiger partial charge is 0.342 e. The molecule has 25 heavy (non-hydrogen) atoms. The normalized spacial score (nSPS) is 24.6. The molecule has 3 rings (SSSR count). The van der Waals surface area contributed by atoms with E-state index < -0.39 is 21.7 Å². The van der Waals surface area contributed by atoms with Gasteiger partial charge in [0.25, 0.3) is 0 Å². The minimum atomic E-state index is -3.23. The monoisotopic (exact) mass is 372 g/mol. The topological polar surface area (TPSA) is 57.7 Å². The lowest BCUT2D eigenvalue weighted by molar-refractivity contribution is -0.134. The highest BCUT2D eigenvalue weighted by molar-refractivity contribution is 7.88. The number of nitrogens with zero attached hydrogens (tertiary/aromatic N) is 2. The van der Waals surface area contributed by atoms with Gasteiger partial charge < -0.3 is 4.90 Å². The molecule has 1 saturated heterocycles. The molecular formula is C17H22F2N2O3S. The molecule has 8 heteroatoms. The molecule has 1 aromatic carbocycles. The fourth-order valence-electron chi connectivity index (χ4n) is 3.53. The number of rotatable bonds is 4. The molecular weight excluding hydrogens is 350 g/mol. The summed E-state index contributed by atoms with van der Waals surface area (Å²) in [4.78, 5) is 14.4. The predicted octanol–water partition coefficient (Wildman–Crippen LogP) is 1.95. The van der Waals surface area contributed by atoms with E-state index >= 15 is 0 Å². The maximum absolute atomic E-state index is 13.3. The van der Waals surface area contributed by atoms with Crippen LogP contribution in [0.4, 0.5) is 8.78 Å². The van der Waals surface area contributed by atoms with Gasteiger partial charge in [-0.3, -0.25) is 4.79 Å². The van der Waals surface area contributed by atoms with Crippen LogP contribution in [0.2, 0.25) is 0 Å². The molecule has 2 fully saturated rings. The molecule has 138 valence electrons. The van der Waals surface area contributed by atoms with E-state index in [-0.39, 0.29) is 23.8 Å². The van der Waals surface area contributed by atoms with Gasteiger partial charge in [0, 0.05) is 32.1 Å². The van der Waals surface area contributed by atoms with E-state index in [9.17, 15) is 22.0 Å². The second-order valence-electron chi connectivity index (χ2n) is 6.96. The Kier molecular flexibility index (Phi) is 4.85. The van der Waals surface area contributed by atoms with Crippen molar-refractivity contribution in [1.29, 1.82) is 0 Å². The van der Waals surface area contributed by atoms with Gasteiger partial charge in [0.2, 0.25) is 15.9 Å². The van der Waals surface area contributed by atoms with E-state index in [2.05, 4.69) is 0 Å². The van der Waals surface area contributed by atoms with Crippen LogP contribution in [0.1, 0.15) is 30.7 Å². The predicted molar refractivity (Wildman–Crippen MR) is 89.4 cm³/mol. The summed E-state index contributed by atoms with van der Waals surface area (Å²) >= 11 is 0. The number of benzene rings is 1. The maximum Gasteiger partial charge on any atom is 0.226 e. The van der Waals surface area contributed by atoms with Crippen LogP contribution in [0.25, 0.3) is 0 Å². The van der Waals surface area contributed by atoms with Gasteiger partial charge in [-0.15, -0.1) is 0 Å². The van der Waals surface area contributed by atoms with Crippen molar-refractivity contribution < 1.29 is 22.0 Å². The second kappa shape index (κ2) is 6.64. The second-order valence-corrected chi connectivity index (χ2v) is 9.00. The maximum atomic E-state index is 13.3. The van der Waals surface area contributed by atoms with Gasteiger partial charge >= 0.3 is 0 Å². The van der Waals surface area contributed by atoms with Gasteiger partial charge in [-0.1, -0.05) is 6.07 Å². The highest BCUT2D eigenvalue weighted by atomic mass is 32.2. The van der Waals surface area contributed by atoms with E-state index in [1.807, 2.05) is 0 Å². The summed E-state index contributed by atoms with van der Waals surface area (Å²) in [6.45, 7) is 1.04. The van der Waals surface area contributed by atoms with E-state index in [0.29, 0.717) is 37.9 Å². The van der Waals surface area contributed by atoms with Crippen LogP contribution in [0.5, 0.6) is 0 Å². The molecule has 2 unspecified atom stereocenters. The van der Waals surface area contributed by atoms with Gasteiger partial charge in [0.1, 0.15) is 0 Å². The average molecular weight is 372 g/mol. The molecule has 2 atom stereocenters. The Hall–Kier alpha value is -1.54. The SMILES string of the molecule is CN(C1CCN(C(=O)C2CC2c2ccc(F)c(F)c2)CC1)S(C)(=O)=O. The smallest absolute Gasteiger partial charge is 0.226 e. The number of carbonyl (C=O) groups excluding carboxylic acids is 1. The minimum Gasteiger partial charge on any atom is -0.342 e. The molecule has 0 bridgehead atoms. The lowest BCUT2D eigenvalue weighted by atomic mass is 10.0. The molecule has 1 aromatic rings. The van der Waals surface area contributed by atoms with Crippen LogP contribution in [0.15, 0.2) is 18.2 Å². The third-order valence-corrected chi connectivity index (χ3v) is 6.64. The molecule has 0 aromatic heterocycles. The Balaban J connectivity index is 1.56. The van der Waals surface area contributed by atoms with E-state index in [4.69, 9.17) is 0 Å². The fraction of sp³-hybridized carbons (Fsp3) is 0.588. The van der Waals surface area contributed by atoms with Crippen molar-refractivity contribution in [3.8, 4) is 0 Å². The summed E-state index contributed by atoms with van der Waals surface area (Å²) in [5, 5.41) is 0. The van der Waals surface area contributed by atoms with Gasteiger partial charge in [0.15, 0.2) is 11.6 Å². The molecule has 0 radical (unpaired) electrons. The first kappa shape index (κ1) is 18.3. The Morgan fingerprint density at radius 3 is 2.40 bits per heavy atom. The number of amides is 1. The highest BCUT2D eigenvalue weighted by Crippen LogP contribution is 2.49. The van der Waals surface area contributed by atoms with Gasteiger partial charge in [-0.2, -0.15) is 0 Å². The summed E-state index contributed by atoms with van der Waals surface area (Å²) in [5.41, 5.74) is 0.656. The van der Waals surface area contributed by atoms with Crippen LogP contribution in [-0.4, -0.2) is 56.0 Å². The minimum absolute atomic E-state index is 0.0233. The van der Waals surface area contributed by atoms with Crippen LogP contribution < -0.4 is 0 Å².